The fourth-order valence-electron chi connectivity index (χ4n) is 4.82. The van der Waals surface area contributed by atoms with E-state index in [1.54, 1.807) is 18.2 Å². The summed E-state index contributed by atoms with van der Waals surface area (Å²) in [7, 11) is 3.90. The summed E-state index contributed by atoms with van der Waals surface area (Å²) in [6.45, 7) is 1.69. The number of aryl methyl sites for hydroxylation is 1. The normalized spacial score (nSPS) is 13.0. The van der Waals surface area contributed by atoms with Gasteiger partial charge in [0.2, 0.25) is 5.91 Å². The maximum atomic E-state index is 13.1. The van der Waals surface area contributed by atoms with E-state index in [4.69, 9.17) is 17.3 Å². The van der Waals surface area contributed by atoms with Crippen molar-refractivity contribution in [3.63, 3.8) is 0 Å². The van der Waals surface area contributed by atoms with Crippen LogP contribution in [0.5, 0.6) is 0 Å². The lowest BCUT2D eigenvalue weighted by Gasteiger charge is -2.13. The maximum Gasteiger partial charge on any atom is 0.259 e. The van der Waals surface area contributed by atoms with Crippen molar-refractivity contribution in [2.45, 2.75) is 13.0 Å². The number of carbonyl (C=O) groups excluding carboxylic acids is 3. The summed E-state index contributed by atoms with van der Waals surface area (Å²) >= 11 is 6.51. The van der Waals surface area contributed by atoms with Gasteiger partial charge in [-0.25, -0.2) is 0 Å². The first-order chi connectivity index (χ1) is 17.3. The van der Waals surface area contributed by atoms with E-state index in [1.165, 1.54) is 0 Å². The van der Waals surface area contributed by atoms with Crippen LogP contribution >= 0.6 is 11.6 Å². The molecule has 1 aromatic heterocycles. The SMILES string of the molecule is CN(C)CCNC(=O)CCn1c2ccc(N)cc2c2c3c(c(-c4ccccc4Cl)cc21)C(=O)NC3=O. The van der Waals surface area contributed by atoms with Gasteiger partial charge in [-0.05, 0) is 50.0 Å². The Kier molecular flexibility index (Phi) is 6.15. The van der Waals surface area contributed by atoms with Gasteiger partial charge < -0.3 is 20.5 Å². The number of nitrogens with two attached hydrogens (primary N) is 1. The highest BCUT2D eigenvalue weighted by Crippen LogP contribution is 2.42. The summed E-state index contributed by atoms with van der Waals surface area (Å²) < 4.78 is 2.01. The first kappa shape index (κ1) is 23.8. The monoisotopic (exact) mass is 503 g/mol. The minimum Gasteiger partial charge on any atom is -0.399 e. The number of benzene rings is 3. The van der Waals surface area contributed by atoms with E-state index >= 15 is 0 Å². The van der Waals surface area contributed by atoms with Gasteiger partial charge in [0, 0.05) is 58.6 Å². The Bertz CT molecular complexity index is 1560. The van der Waals surface area contributed by atoms with Gasteiger partial charge >= 0.3 is 0 Å². The number of amides is 3. The predicted octanol–water partition coefficient (Wildman–Crippen LogP) is 3.65. The van der Waals surface area contributed by atoms with Gasteiger partial charge in [-0.3, -0.25) is 19.7 Å². The number of imide groups is 1. The molecular weight excluding hydrogens is 478 g/mol. The number of carbonyl (C=O) groups is 3. The fourth-order valence-corrected chi connectivity index (χ4v) is 5.06. The van der Waals surface area contributed by atoms with Crippen LogP contribution in [0.3, 0.4) is 0 Å². The number of halogens is 1. The fraction of sp³-hybridized carbons (Fsp3) is 0.222. The molecule has 0 saturated heterocycles. The number of fused-ring (bicyclic) bond motifs is 5. The van der Waals surface area contributed by atoms with Crippen molar-refractivity contribution in [3.8, 4) is 11.1 Å². The Morgan fingerprint density at radius 2 is 1.78 bits per heavy atom. The number of nitrogens with zero attached hydrogens (tertiary/aromatic N) is 2. The number of rotatable bonds is 7. The van der Waals surface area contributed by atoms with E-state index < -0.39 is 11.8 Å². The maximum absolute atomic E-state index is 13.1. The highest BCUT2D eigenvalue weighted by molar-refractivity contribution is 6.36. The zero-order valence-corrected chi connectivity index (χ0v) is 20.8. The molecule has 3 aromatic carbocycles. The van der Waals surface area contributed by atoms with Crippen LogP contribution in [0.15, 0.2) is 48.5 Å². The van der Waals surface area contributed by atoms with Crippen LogP contribution in [0.1, 0.15) is 27.1 Å². The highest BCUT2D eigenvalue weighted by Gasteiger charge is 2.35. The number of hydrogen-bond acceptors (Lipinski definition) is 5. The first-order valence-corrected chi connectivity index (χ1v) is 12.0. The summed E-state index contributed by atoms with van der Waals surface area (Å²) in [4.78, 5) is 40.6. The molecule has 0 spiro atoms. The lowest BCUT2D eigenvalue weighted by Crippen LogP contribution is -2.31. The summed E-state index contributed by atoms with van der Waals surface area (Å²) in [6.07, 6.45) is 0.250. The summed E-state index contributed by atoms with van der Waals surface area (Å²) in [6, 6.07) is 14.6. The molecule has 0 bridgehead atoms. The van der Waals surface area contributed by atoms with E-state index in [1.807, 2.05) is 53.9 Å². The zero-order chi connectivity index (χ0) is 25.6. The molecule has 184 valence electrons. The number of likely N-dealkylation sites (N-methyl/N-ethyl adjacent to an activating group) is 1. The molecule has 36 heavy (non-hydrogen) atoms. The molecule has 1 aliphatic heterocycles. The topological polar surface area (TPSA) is 109 Å². The summed E-state index contributed by atoms with van der Waals surface area (Å²) in [5.41, 5.74) is 10.0. The van der Waals surface area contributed by atoms with Crippen LogP contribution in [0.2, 0.25) is 5.02 Å². The Hall–Kier alpha value is -3.88. The Morgan fingerprint density at radius 1 is 1.03 bits per heavy atom. The Labute approximate surface area is 213 Å². The molecule has 5 rings (SSSR count). The molecule has 4 aromatic rings. The number of nitrogen functional groups attached to an aromatic ring is 1. The minimum absolute atomic E-state index is 0.0669. The van der Waals surface area contributed by atoms with Gasteiger partial charge in [-0.15, -0.1) is 0 Å². The molecular formula is C27H26ClN5O3. The number of hydrogen-bond donors (Lipinski definition) is 3. The van der Waals surface area contributed by atoms with Crippen LogP contribution in [0.25, 0.3) is 32.9 Å². The third-order valence-electron chi connectivity index (χ3n) is 6.47. The molecule has 0 unspecified atom stereocenters. The van der Waals surface area contributed by atoms with Gasteiger partial charge in [-0.1, -0.05) is 29.8 Å². The lowest BCUT2D eigenvalue weighted by molar-refractivity contribution is -0.121. The van der Waals surface area contributed by atoms with Gasteiger partial charge in [0.15, 0.2) is 0 Å². The Morgan fingerprint density at radius 3 is 2.53 bits per heavy atom. The number of aromatic nitrogens is 1. The minimum atomic E-state index is -0.461. The van der Waals surface area contributed by atoms with Crippen LogP contribution in [0.4, 0.5) is 5.69 Å². The molecule has 3 amide bonds. The smallest absolute Gasteiger partial charge is 0.259 e. The Balaban J connectivity index is 1.71. The molecule has 0 aliphatic carbocycles. The van der Waals surface area contributed by atoms with E-state index in [2.05, 4.69) is 10.6 Å². The van der Waals surface area contributed by atoms with Crippen molar-refractivity contribution in [3.05, 3.63) is 64.7 Å². The van der Waals surface area contributed by atoms with Crippen molar-refractivity contribution < 1.29 is 14.4 Å². The van der Waals surface area contributed by atoms with Gasteiger partial charge in [-0.2, -0.15) is 0 Å². The quantitative estimate of drug-likeness (QED) is 0.263. The van der Waals surface area contributed by atoms with Crippen molar-refractivity contribution in [1.82, 2.24) is 20.1 Å². The van der Waals surface area contributed by atoms with E-state index in [9.17, 15) is 14.4 Å². The van der Waals surface area contributed by atoms with Gasteiger partial charge in [0.25, 0.3) is 11.8 Å². The molecule has 0 radical (unpaired) electrons. The molecule has 2 heterocycles. The molecule has 0 fully saturated rings. The van der Waals surface area contributed by atoms with E-state index in [-0.39, 0.29) is 12.3 Å². The lowest BCUT2D eigenvalue weighted by atomic mass is 9.93. The van der Waals surface area contributed by atoms with E-state index in [0.29, 0.717) is 51.4 Å². The average Bonchev–Trinajstić information content (AvgIpc) is 3.30. The number of nitrogens with one attached hydrogen (secondary N) is 2. The highest BCUT2D eigenvalue weighted by atomic mass is 35.5. The van der Waals surface area contributed by atoms with Crippen LogP contribution in [0, 0.1) is 0 Å². The number of anilines is 1. The zero-order valence-electron chi connectivity index (χ0n) is 20.0. The van der Waals surface area contributed by atoms with Gasteiger partial charge in [0.05, 0.1) is 16.6 Å². The van der Waals surface area contributed by atoms with Crippen LogP contribution in [-0.2, 0) is 11.3 Å². The van der Waals surface area contributed by atoms with Gasteiger partial charge in [0.1, 0.15) is 0 Å². The molecule has 0 saturated carbocycles. The van der Waals surface area contributed by atoms with E-state index in [0.717, 1.165) is 23.0 Å². The molecule has 1 aliphatic rings. The van der Waals surface area contributed by atoms with Crippen molar-refractivity contribution >= 4 is 56.8 Å². The molecule has 4 N–H and O–H groups in total. The van der Waals surface area contributed by atoms with Crippen molar-refractivity contribution in [1.29, 1.82) is 0 Å². The second-order valence-electron chi connectivity index (χ2n) is 9.16. The summed E-state index contributed by atoms with van der Waals surface area (Å²) in [5.74, 6) is -0.989. The largest absolute Gasteiger partial charge is 0.399 e. The standard InChI is InChI=1S/C27H26ClN5O3/c1-32(2)12-10-30-22(34)9-11-33-20-8-7-15(29)13-18(20)23-21(33)14-17(16-5-3-4-6-19(16)28)24-25(23)27(36)31-26(24)35/h3-8,13-14H,9-12,29H2,1-2H3,(H,30,34)(H,31,35,36). The molecule has 9 heteroatoms. The molecule has 8 nitrogen and oxygen atoms in total. The van der Waals surface area contributed by atoms with Crippen LogP contribution < -0.4 is 16.4 Å². The summed E-state index contributed by atoms with van der Waals surface area (Å²) in [5, 5.41) is 7.25. The third kappa shape index (κ3) is 4.08. The van der Waals surface area contributed by atoms with Crippen molar-refractivity contribution in [2.75, 3.05) is 32.9 Å². The third-order valence-corrected chi connectivity index (χ3v) is 6.80. The average molecular weight is 504 g/mol. The van der Waals surface area contributed by atoms with Crippen LogP contribution in [-0.4, -0.2) is 54.4 Å². The van der Waals surface area contributed by atoms with Crippen molar-refractivity contribution in [2.24, 2.45) is 0 Å². The second-order valence-corrected chi connectivity index (χ2v) is 9.57. The molecule has 0 atom stereocenters. The first-order valence-electron chi connectivity index (χ1n) is 11.7. The predicted molar refractivity (Wildman–Crippen MR) is 142 cm³/mol. The second kappa shape index (κ2) is 9.29.